The summed E-state index contributed by atoms with van der Waals surface area (Å²) in [6.07, 6.45) is 9.53. The number of nitrogens with one attached hydrogen (secondary N) is 2. The molecule has 4 heteroatoms. The monoisotopic (exact) mass is 247 g/mol. The van der Waals surface area contributed by atoms with E-state index in [4.69, 9.17) is 0 Å². The number of hydrogen-bond acceptors (Lipinski definition) is 2. The summed E-state index contributed by atoms with van der Waals surface area (Å²) in [7, 11) is 0. The number of imidazole rings is 1. The summed E-state index contributed by atoms with van der Waals surface area (Å²) in [5, 5.41) is 3.15. The molecule has 0 saturated heterocycles. The molecule has 2 saturated carbocycles. The van der Waals surface area contributed by atoms with Crippen LogP contribution < -0.4 is 5.32 Å². The highest BCUT2D eigenvalue weighted by atomic mass is 16.2. The Bertz CT molecular complexity index is 403. The van der Waals surface area contributed by atoms with Gasteiger partial charge in [-0.3, -0.25) is 4.79 Å². The molecular weight excluding hydrogens is 226 g/mol. The number of rotatable bonds is 4. The fraction of sp³-hybridized carbons (Fsp3) is 0.714. The third-order valence-corrected chi connectivity index (χ3v) is 4.53. The van der Waals surface area contributed by atoms with Crippen LogP contribution in [-0.2, 0) is 4.79 Å². The van der Waals surface area contributed by atoms with E-state index >= 15 is 0 Å². The zero-order valence-electron chi connectivity index (χ0n) is 10.9. The number of H-pyrrole nitrogens is 1. The van der Waals surface area contributed by atoms with Crippen molar-refractivity contribution in [3.63, 3.8) is 0 Å². The lowest BCUT2D eigenvalue weighted by Crippen LogP contribution is -2.31. The molecule has 2 N–H and O–H groups in total. The van der Waals surface area contributed by atoms with Crippen LogP contribution in [0.5, 0.6) is 0 Å². The third kappa shape index (κ3) is 2.04. The summed E-state index contributed by atoms with van der Waals surface area (Å²) in [4.78, 5) is 19.6. The number of aromatic nitrogens is 2. The highest BCUT2D eigenvalue weighted by Gasteiger charge is 2.54. The highest BCUT2D eigenvalue weighted by molar-refractivity contribution is 5.82. The first-order chi connectivity index (χ1) is 8.81. The smallest absolute Gasteiger partial charge is 0.224 e. The van der Waals surface area contributed by atoms with Crippen LogP contribution in [0.25, 0.3) is 0 Å². The van der Waals surface area contributed by atoms with Crippen LogP contribution in [-0.4, -0.2) is 15.9 Å². The summed E-state index contributed by atoms with van der Waals surface area (Å²) < 4.78 is 0. The molecule has 3 unspecified atom stereocenters. The lowest BCUT2D eigenvalue weighted by Gasteiger charge is -2.14. The Labute approximate surface area is 108 Å². The van der Waals surface area contributed by atoms with Crippen LogP contribution in [0, 0.1) is 17.8 Å². The predicted octanol–water partition coefficient (Wildman–Crippen LogP) is 2.41. The van der Waals surface area contributed by atoms with E-state index in [1.165, 1.54) is 25.7 Å². The molecule has 0 spiro atoms. The summed E-state index contributed by atoms with van der Waals surface area (Å²) in [6.45, 7) is 2.08. The normalized spacial score (nSPS) is 31.5. The summed E-state index contributed by atoms with van der Waals surface area (Å²) in [5.41, 5.74) is 0. The van der Waals surface area contributed by atoms with Crippen LogP contribution in [0.2, 0.25) is 0 Å². The van der Waals surface area contributed by atoms with Gasteiger partial charge in [0.2, 0.25) is 5.91 Å². The Hall–Kier alpha value is -1.32. The van der Waals surface area contributed by atoms with Gasteiger partial charge in [0.05, 0.1) is 6.04 Å². The zero-order valence-corrected chi connectivity index (χ0v) is 10.9. The van der Waals surface area contributed by atoms with Crippen molar-refractivity contribution >= 4 is 5.91 Å². The quantitative estimate of drug-likeness (QED) is 0.858. The Morgan fingerprint density at radius 3 is 2.78 bits per heavy atom. The maximum Gasteiger partial charge on any atom is 0.224 e. The van der Waals surface area contributed by atoms with Crippen LogP contribution in [0.4, 0.5) is 0 Å². The Morgan fingerprint density at radius 1 is 1.50 bits per heavy atom. The second-order valence-corrected chi connectivity index (χ2v) is 5.58. The minimum absolute atomic E-state index is 0.0372. The molecule has 1 aromatic rings. The van der Waals surface area contributed by atoms with Crippen molar-refractivity contribution in [1.29, 1.82) is 0 Å². The number of carbonyl (C=O) groups excluding carboxylic acids is 1. The van der Waals surface area contributed by atoms with E-state index in [9.17, 15) is 4.79 Å². The molecule has 1 heterocycles. The molecule has 0 bridgehead atoms. The van der Waals surface area contributed by atoms with Gasteiger partial charge in [-0.05, 0) is 31.1 Å². The minimum Gasteiger partial charge on any atom is -0.347 e. The molecule has 1 amide bonds. The van der Waals surface area contributed by atoms with E-state index in [1.54, 1.807) is 12.4 Å². The molecule has 3 rings (SSSR count). The average Bonchev–Trinajstić information content (AvgIpc) is 2.87. The molecule has 0 aromatic carbocycles. The van der Waals surface area contributed by atoms with E-state index in [0.717, 1.165) is 12.2 Å². The maximum absolute atomic E-state index is 12.3. The summed E-state index contributed by atoms with van der Waals surface area (Å²) in [5.74, 6) is 2.75. The summed E-state index contributed by atoms with van der Waals surface area (Å²) in [6, 6.07) is 0.0372. The van der Waals surface area contributed by atoms with E-state index in [1.807, 2.05) is 0 Å². The topological polar surface area (TPSA) is 57.8 Å². The zero-order chi connectivity index (χ0) is 12.5. The largest absolute Gasteiger partial charge is 0.347 e. The first kappa shape index (κ1) is 11.8. The second kappa shape index (κ2) is 4.75. The van der Waals surface area contributed by atoms with Gasteiger partial charge in [-0.2, -0.15) is 0 Å². The molecule has 98 valence electrons. The predicted molar refractivity (Wildman–Crippen MR) is 68.7 cm³/mol. The first-order valence-electron chi connectivity index (χ1n) is 7.11. The van der Waals surface area contributed by atoms with Gasteiger partial charge in [-0.15, -0.1) is 0 Å². The Morgan fingerprint density at radius 2 is 2.22 bits per heavy atom. The average molecular weight is 247 g/mol. The minimum atomic E-state index is 0.0372. The molecule has 18 heavy (non-hydrogen) atoms. The van der Waals surface area contributed by atoms with Crippen molar-refractivity contribution < 1.29 is 4.79 Å². The van der Waals surface area contributed by atoms with E-state index < -0.39 is 0 Å². The van der Waals surface area contributed by atoms with Gasteiger partial charge in [-0.25, -0.2) is 4.98 Å². The molecule has 2 aliphatic rings. The fourth-order valence-electron chi connectivity index (χ4n) is 3.48. The first-order valence-corrected chi connectivity index (χ1v) is 7.11. The molecule has 1 aromatic heterocycles. The van der Waals surface area contributed by atoms with Crippen molar-refractivity contribution in [1.82, 2.24) is 15.3 Å². The SMILES string of the molecule is CCC(NC(=O)C1C2CCCCC21)c1ncc[nH]1. The number of fused-ring (bicyclic) bond motifs is 1. The standard InChI is InChI=1S/C14H21N3O/c1-2-11(13-15-7-8-16-13)17-14(18)12-9-5-3-4-6-10(9)12/h7-12H,2-6H2,1H3,(H,15,16)(H,17,18). The van der Waals surface area contributed by atoms with Crippen molar-refractivity contribution in [2.45, 2.75) is 45.1 Å². The van der Waals surface area contributed by atoms with Gasteiger partial charge < -0.3 is 10.3 Å². The van der Waals surface area contributed by atoms with E-state index in [0.29, 0.717) is 11.8 Å². The van der Waals surface area contributed by atoms with Crippen molar-refractivity contribution in [3.8, 4) is 0 Å². The molecule has 0 aliphatic heterocycles. The van der Waals surface area contributed by atoms with Crippen molar-refractivity contribution in [2.24, 2.45) is 17.8 Å². The molecule has 2 aliphatic carbocycles. The van der Waals surface area contributed by atoms with Gasteiger partial charge in [0.25, 0.3) is 0 Å². The van der Waals surface area contributed by atoms with E-state index in [-0.39, 0.29) is 17.9 Å². The summed E-state index contributed by atoms with van der Waals surface area (Å²) >= 11 is 0. The maximum atomic E-state index is 12.3. The molecular formula is C14H21N3O. The Balaban J connectivity index is 1.60. The van der Waals surface area contributed by atoms with Crippen LogP contribution in [0.15, 0.2) is 12.4 Å². The van der Waals surface area contributed by atoms with Crippen molar-refractivity contribution in [3.05, 3.63) is 18.2 Å². The fourth-order valence-corrected chi connectivity index (χ4v) is 3.48. The number of nitrogens with zero attached hydrogens (tertiary/aromatic N) is 1. The van der Waals surface area contributed by atoms with Gasteiger partial charge in [0.1, 0.15) is 5.82 Å². The number of amides is 1. The second-order valence-electron chi connectivity index (χ2n) is 5.58. The van der Waals surface area contributed by atoms with E-state index in [2.05, 4.69) is 22.2 Å². The van der Waals surface area contributed by atoms with Gasteiger partial charge >= 0.3 is 0 Å². The lowest BCUT2D eigenvalue weighted by molar-refractivity contribution is -0.123. The highest BCUT2D eigenvalue weighted by Crippen LogP contribution is 2.55. The van der Waals surface area contributed by atoms with Crippen LogP contribution in [0.3, 0.4) is 0 Å². The Kier molecular flexibility index (Phi) is 3.10. The molecule has 3 atom stereocenters. The van der Waals surface area contributed by atoms with Crippen LogP contribution in [0.1, 0.15) is 50.9 Å². The molecule has 0 radical (unpaired) electrons. The van der Waals surface area contributed by atoms with Gasteiger partial charge in [0.15, 0.2) is 0 Å². The number of carbonyl (C=O) groups is 1. The third-order valence-electron chi connectivity index (χ3n) is 4.53. The van der Waals surface area contributed by atoms with Crippen molar-refractivity contribution in [2.75, 3.05) is 0 Å². The number of hydrogen-bond donors (Lipinski definition) is 2. The molecule has 4 nitrogen and oxygen atoms in total. The molecule has 2 fully saturated rings. The number of aromatic amines is 1. The lowest BCUT2D eigenvalue weighted by atomic mass is 10.0. The van der Waals surface area contributed by atoms with Gasteiger partial charge in [0, 0.05) is 18.3 Å². The van der Waals surface area contributed by atoms with Crippen LogP contribution >= 0.6 is 0 Å². The van der Waals surface area contributed by atoms with Gasteiger partial charge in [-0.1, -0.05) is 19.8 Å².